The molecule has 1 aliphatic carbocycles. The maximum absolute atomic E-state index is 14.8. The number of carbonyl (C=O) groups excluding carboxylic acids is 1. The van der Waals surface area contributed by atoms with Crippen molar-refractivity contribution in [3.05, 3.63) is 96.1 Å². The van der Waals surface area contributed by atoms with Crippen LogP contribution in [0.15, 0.2) is 98.5 Å². The van der Waals surface area contributed by atoms with E-state index in [0.717, 1.165) is 29.5 Å². The lowest BCUT2D eigenvalue weighted by Crippen LogP contribution is -2.40. The molecule has 1 unspecified atom stereocenters. The summed E-state index contributed by atoms with van der Waals surface area (Å²) in [6.45, 7) is 7.72. The van der Waals surface area contributed by atoms with Crippen molar-refractivity contribution >= 4 is 25.9 Å². The summed E-state index contributed by atoms with van der Waals surface area (Å²) in [6, 6.07) is 12.8. The van der Waals surface area contributed by atoms with E-state index in [0.29, 0.717) is 11.3 Å². The van der Waals surface area contributed by atoms with Crippen LogP contribution in [-0.2, 0) is 29.5 Å². The van der Waals surface area contributed by atoms with Crippen LogP contribution in [0.3, 0.4) is 0 Å². The van der Waals surface area contributed by atoms with Gasteiger partial charge in [0.05, 0.1) is 16.9 Å². The number of esters is 1. The lowest BCUT2D eigenvalue weighted by molar-refractivity contribution is -0.134. The van der Waals surface area contributed by atoms with Crippen LogP contribution in [0.4, 0.5) is 0 Å². The molecule has 192 valence electrons. The van der Waals surface area contributed by atoms with E-state index in [9.17, 15) is 17.4 Å². The fourth-order valence-electron chi connectivity index (χ4n) is 3.91. The first-order valence-corrected chi connectivity index (χ1v) is 14.5. The van der Waals surface area contributed by atoms with Gasteiger partial charge in [-0.2, -0.15) is 8.42 Å². The second-order valence-electron chi connectivity index (χ2n) is 8.62. The highest BCUT2D eigenvalue weighted by Crippen LogP contribution is 2.31. The van der Waals surface area contributed by atoms with Crippen LogP contribution >= 0.6 is 0 Å². The monoisotopic (exact) mass is 528 g/mol. The van der Waals surface area contributed by atoms with Gasteiger partial charge in [0, 0.05) is 18.7 Å². The van der Waals surface area contributed by atoms with Crippen LogP contribution in [0.1, 0.15) is 30.4 Å². The standard InChI is InChI=1S/C27H32N2O5S2/c1-5-19-29(24-8-6-7-23(20-24)13-18-27(30)34-4)35(31,25-14-9-21(2)10-15-25)28-36(32,33)26-16-11-22(3)12-17-26/h5,9-18,20,24H,1,6-8,19H2,2-4H3/b18-13+/t24-,35?/m1/s1. The smallest absolute Gasteiger partial charge is 0.330 e. The molecule has 36 heavy (non-hydrogen) atoms. The second kappa shape index (κ2) is 11.8. The highest BCUT2D eigenvalue weighted by molar-refractivity contribution is 8.02. The van der Waals surface area contributed by atoms with Crippen LogP contribution in [0.25, 0.3) is 0 Å². The number of nitrogens with zero attached hydrogens (tertiary/aromatic N) is 2. The highest BCUT2D eigenvalue weighted by atomic mass is 32.3. The van der Waals surface area contributed by atoms with Crippen molar-refractivity contribution in [2.45, 2.75) is 48.9 Å². The molecule has 0 radical (unpaired) electrons. The number of methoxy groups -OCH3 is 1. The summed E-state index contributed by atoms with van der Waals surface area (Å²) in [5.41, 5.74) is 2.73. The Morgan fingerprint density at radius 1 is 1.06 bits per heavy atom. The Morgan fingerprint density at radius 3 is 2.19 bits per heavy atom. The molecule has 3 rings (SSSR count). The Kier molecular flexibility index (Phi) is 9.05. The first-order valence-electron chi connectivity index (χ1n) is 11.6. The molecule has 2 aromatic carbocycles. The molecule has 9 heteroatoms. The zero-order valence-corrected chi connectivity index (χ0v) is 22.4. The Labute approximate surface area is 214 Å². The molecule has 1 aliphatic rings. The van der Waals surface area contributed by atoms with Gasteiger partial charge in [0.1, 0.15) is 0 Å². The molecule has 2 aromatic rings. The number of rotatable bonds is 9. The molecule has 0 aromatic heterocycles. The first kappa shape index (κ1) is 27.6. The summed E-state index contributed by atoms with van der Waals surface area (Å²) in [4.78, 5) is 11.9. The largest absolute Gasteiger partial charge is 0.466 e. The van der Waals surface area contributed by atoms with E-state index in [2.05, 4.69) is 15.1 Å². The minimum absolute atomic E-state index is 0.0209. The molecule has 2 atom stereocenters. The maximum Gasteiger partial charge on any atom is 0.330 e. The second-order valence-corrected chi connectivity index (χ2v) is 12.6. The van der Waals surface area contributed by atoms with E-state index < -0.39 is 25.9 Å². The zero-order valence-electron chi connectivity index (χ0n) is 20.8. The molecular weight excluding hydrogens is 496 g/mol. The first-order chi connectivity index (χ1) is 17.1. The molecule has 0 amide bonds. The summed E-state index contributed by atoms with van der Waals surface area (Å²) in [6.07, 6.45) is 8.67. The van der Waals surface area contributed by atoms with E-state index in [1.807, 2.05) is 19.9 Å². The normalized spacial score (nSPS) is 17.9. The molecule has 0 spiro atoms. The van der Waals surface area contributed by atoms with Gasteiger partial charge in [0.25, 0.3) is 10.0 Å². The summed E-state index contributed by atoms with van der Waals surface area (Å²) < 4.78 is 51.9. The highest BCUT2D eigenvalue weighted by Gasteiger charge is 2.32. The summed E-state index contributed by atoms with van der Waals surface area (Å²) in [7, 11) is -6.57. The summed E-state index contributed by atoms with van der Waals surface area (Å²) in [5.74, 6) is -0.469. The molecular formula is C27H32N2O5S2. The number of ether oxygens (including phenoxy) is 1. The number of sulfonamides is 1. The van der Waals surface area contributed by atoms with E-state index in [-0.39, 0.29) is 17.5 Å². The minimum Gasteiger partial charge on any atom is -0.466 e. The topological polar surface area (TPSA) is 93.1 Å². The molecule has 0 saturated carbocycles. The average Bonchev–Trinajstić information content (AvgIpc) is 2.86. The van der Waals surface area contributed by atoms with Crippen molar-refractivity contribution in [1.29, 1.82) is 0 Å². The van der Waals surface area contributed by atoms with Gasteiger partial charge in [-0.1, -0.05) is 63.0 Å². The number of hydrogen-bond donors (Lipinski definition) is 0. The zero-order chi connectivity index (χ0) is 26.3. The van der Waals surface area contributed by atoms with Crippen LogP contribution in [0, 0.1) is 13.8 Å². The van der Waals surface area contributed by atoms with Gasteiger partial charge >= 0.3 is 5.97 Å². The molecule has 0 bridgehead atoms. The SMILES string of the molecule is C=CCN([C@H]1C=C(/C=C/C(=O)OC)CCC1)S(=O)(=NS(=O)(=O)c1ccc(C)cc1)c1ccc(C)cc1. The molecule has 0 aliphatic heterocycles. The van der Waals surface area contributed by atoms with Crippen molar-refractivity contribution < 1.29 is 22.2 Å². The Balaban J connectivity index is 2.20. The maximum atomic E-state index is 14.8. The molecule has 0 saturated heterocycles. The third-order valence-electron chi connectivity index (χ3n) is 5.85. The van der Waals surface area contributed by atoms with Crippen molar-refractivity contribution in [3.8, 4) is 0 Å². The van der Waals surface area contributed by atoms with Gasteiger partial charge in [-0.3, -0.25) is 0 Å². The van der Waals surface area contributed by atoms with Crippen molar-refractivity contribution in [2.24, 2.45) is 3.77 Å². The van der Waals surface area contributed by atoms with E-state index in [1.165, 1.54) is 25.3 Å². The fraction of sp³-hybridized carbons (Fsp3) is 0.296. The fourth-order valence-corrected chi connectivity index (χ4v) is 8.09. The number of aryl methyl sites for hydroxylation is 2. The predicted molar refractivity (Wildman–Crippen MR) is 142 cm³/mol. The number of allylic oxidation sites excluding steroid dienone is 2. The molecule has 0 fully saturated rings. The lowest BCUT2D eigenvalue weighted by Gasteiger charge is -2.33. The molecule has 0 N–H and O–H groups in total. The van der Waals surface area contributed by atoms with Crippen molar-refractivity contribution in [3.63, 3.8) is 0 Å². The van der Waals surface area contributed by atoms with Gasteiger partial charge in [-0.15, -0.1) is 6.58 Å². The van der Waals surface area contributed by atoms with Crippen LogP contribution in [0.5, 0.6) is 0 Å². The Hall–Kier alpha value is -3.01. The Bertz CT molecular complexity index is 1380. The van der Waals surface area contributed by atoms with Crippen LogP contribution < -0.4 is 0 Å². The van der Waals surface area contributed by atoms with Gasteiger partial charge in [0.2, 0.25) is 0 Å². The van der Waals surface area contributed by atoms with Crippen molar-refractivity contribution in [1.82, 2.24) is 4.31 Å². The van der Waals surface area contributed by atoms with Gasteiger partial charge < -0.3 is 4.74 Å². The van der Waals surface area contributed by atoms with E-state index >= 15 is 0 Å². The average molecular weight is 529 g/mol. The number of hydrogen-bond acceptors (Lipinski definition) is 5. The van der Waals surface area contributed by atoms with Gasteiger partial charge in [0.15, 0.2) is 9.92 Å². The number of carbonyl (C=O) groups is 1. The predicted octanol–water partition coefficient (Wildman–Crippen LogP) is 5.13. The summed E-state index contributed by atoms with van der Waals surface area (Å²) in [5, 5.41) is 0. The van der Waals surface area contributed by atoms with Crippen LogP contribution in [-0.4, -0.2) is 42.6 Å². The van der Waals surface area contributed by atoms with Gasteiger partial charge in [-0.25, -0.2) is 13.3 Å². The minimum atomic E-state index is -4.26. The number of benzene rings is 2. The molecule has 0 heterocycles. The summed E-state index contributed by atoms with van der Waals surface area (Å²) >= 11 is 0. The van der Waals surface area contributed by atoms with E-state index in [4.69, 9.17) is 0 Å². The van der Waals surface area contributed by atoms with Crippen LogP contribution in [0.2, 0.25) is 0 Å². The third-order valence-corrected chi connectivity index (χ3v) is 10.3. The molecule has 7 nitrogen and oxygen atoms in total. The lowest BCUT2D eigenvalue weighted by atomic mass is 9.95. The Morgan fingerprint density at radius 2 is 1.64 bits per heavy atom. The van der Waals surface area contributed by atoms with E-state index in [1.54, 1.807) is 52.9 Å². The third kappa shape index (κ3) is 6.60. The van der Waals surface area contributed by atoms with Crippen molar-refractivity contribution in [2.75, 3.05) is 13.7 Å². The quantitative estimate of drug-likeness (QED) is 0.256. The van der Waals surface area contributed by atoms with Gasteiger partial charge in [-0.05, 0) is 57.4 Å².